The van der Waals surface area contributed by atoms with E-state index < -0.39 is 5.97 Å². The molecule has 16 heavy (non-hydrogen) atoms. The molecule has 82 valence electrons. The molecule has 0 aliphatic carbocycles. The molecular formula is C10H8N2O4. The normalized spacial score (nSPS) is 11.1. The molecule has 0 amide bonds. The second kappa shape index (κ2) is 4.01. The average molecular weight is 220 g/mol. The van der Waals surface area contributed by atoms with Crippen LogP contribution in [-0.4, -0.2) is 28.5 Å². The van der Waals surface area contributed by atoms with Crippen molar-refractivity contribution in [1.29, 1.82) is 0 Å². The highest BCUT2D eigenvalue weighted by molar-refractivity contribution is 5.88. The van der Waals surface area contributed by atoms with Gasteiger partial charge in [0.25, 0.3) is 0 Å². The van der Waals surface area contributed by atoms with Crippen LogP contribution in [0, 0.1) is 0 Å². The van der Waals surface area contributed by atoms with Gasteiger partial charge in [0.1, 0.15) is 16.8 Å². The number of hydrogen-bond acceptors (Lipinski definition) is 5. The Balaban J connectivity index is 2.52. The number of benzene rings is 1. The molecular weight excluding hydrogens is 212 g/mol. The van der Waals surface area contributed by atoms with Crippen LogP contribution in [0.4, 0.5) is 0 Å². The van der Waals surface area contributed by atoms with Crippen LogP contribution in [0.2, 0.25) is 0 Å². The first-order valence-corrected chi connectivity index (χ1v) is 4.42. The first kappa shape index (κ1) is 10.2. The van der Waals surface area contributed by atoms with Gasteiger partial charge in [-0.2, -0.15) is 0 Å². The summed E-state index contributed by atoms with van der Waals surface area (Å²) in [5, 5.41) is 15.9. The van der Waals surface area contributed by atoms with Crippen molar-refractivity contribution in [3.8, 4) is 5.75 Å². The van der Waals surface area contributed by atoms with Gasteiger partial charge >= 0.3 is 5.97 Å². The molecule has 0 radical (unpaired) electrons. The van der Waals surface area contributed by atoms with E-state index in [9.17, 15) is 4.79 Å². The summed E-state index contributed by atoms with van der Waals surface area (Å²) in [5.74, 6) is -0.513. The van der Waals surface area contributed by atoms with E-state index in [0.29, 0.717) is 22.3 Å². The van der Waals surface area contributed by atoms with Crippen LogP contribution in [0.25, 0.3) is 17.1 Å². The van der Waals surface area contributed by atoms with E-state index in [1.54, 1.807) is 12.1 Å². The Labute approximate surface area is 90.1 Å². The van der Waals surface area contributed by atoms with Crippen molar-refractivity contribution in [3.63, 3.8) is 0 Å². The van der Waals surface area contributed by atoms with Crippen molar-refractivity contribution in [3.05, 3.63) is 23.8 Å². The van der Waals surface area contributed by atoms with Gasteiger partial charge in [-0.15, -0.1) is 0 Å². The number of carboxylic acids is 1. The van der Waals surface area contributed by atoms with Crippen molar-refractivity contribution >= 4 is 23.1 Å². The Morgan fingerprint density at radius 3 is 2.75 bits per heavy atom. The van der Waals surface area contributed by atoms with E-state index in [4.69, 9.17) is 9.84 Å². The monoisotopic (exact) mass is 220 g/mol. The molecule has 0 unspecified atom stereocenters. The molecule has 0 aliphatic heterocycles. The molecule has 6 heteroatoms. The number of ether oxygens (including phenoxy) is 1. The van der Waals surface area contributed by atoms with E-state index >= 15 is 0 Å². The van der Waals surface area contributed by atoms with Gasteiger partial charge in [-0.1, -0.05) is 0 Å². The number of nitrogens with zero attached hydrogens (tertiary/aromatic N) is 2. The average Bonchev–Trinajstić information content (AvgIpc) is 2.71. The van der Waals surface area contributed by atoms with Crippen molar-refractivity contribution in [2.24, 2.45) is 0 Å². The molecule has 1 aromatic carbocycles. The lowest BCUT2D eigenvalue weighted by atomic mass is 10.1. The number of hydrogen-bond donors (Lipinski definition) is 1. The maximum Gasteiger partial charge on any atom is 0.328 e. The summed E-state index contributed by atoms with van der Waals surface area (Å²) in [7, 11) is 1.49. The Morgan fingerprint density at radius 2 is 2.12 bits per heavy atom. The third-order valence-corrected chi connectivity index (χ3v) is 2.01. The maximum atomic E-state index is 10.4. The Hall–Kier alpha value is -2.37. The van der Waals surface area contributed by atoms with Gasteiger partial charge in [0.2, 0.25) is 0 Å². The molecule has 2 aromatic rings. The van der Waals surface area contributed by atoms with Crippen molar-refractivity contribution in [2.45, 2.75) is 0 Å². The summed E-state index contributed by atoms with van der Waals surface area (Å²) in [6.07, 6.45) is 2.45. The largest absolute Gasteiger partial charge is 0.496 e. The zero-order chi connectivity index (χ0) is 11.5. The van der Waals surface area contributed by atoms with Gasteiger partial charge < -0.3 is 9.84 Å². The zero-order valence-electron chi connectivity index (χ0n) is 8.38. The highest BCUT2D eigenvalue weighted by Crippen LogP contribution is 2.24. The lowest BCUT2D eigenvalue weighted by molar-refractivity contribution is -0.131. The molecule has 0 saturated heterocycles. The highest BCUT2D eigenvalue weighted by Gasteiger charge is 2.07. The quantitative estimate of drug-likeness (QED) is 0.785. The highest BCUT2D eigenvalue weighted by atomic mass is 16.6. The van der Waals surface area contributed by atoms with Crippen LogP contribution in [0.5, 0.6) is 5.75 Å². The second-order valence-electron chi connectivity index (χ2n) is 3.02. The summed E-state index contributed by atoms with van der Waals surface area (Å²) in [4.78, 5) is 10.4. The minimum Gasteiger partial charge on any atom is -0.496 e. The molecule has 0 spiro atoms. The fourth-order valence-electron chi connectivity index (χ4n) is 1.30. The number of methoxy groups -OCH3 is 1. The van der Waals surface area contributed by atoms with Gasteiger partial charge in [0, 0.05) is 17.7 Å². The first-order valence-electron chi connectivity index (χ1n) is 4.42. The van der Waals surface area contributed by atoms with Gasteiger partial charge in [-0.3, -0.25) is 0 Å². The molecule has 0 saturated carbocycles. The van der Waals surface area contributed by atoms with Crippen molar-refractivity contribution in [1.82, 2.24) is 10.3 Å². The van der Waals surface area contributed by atoms with E-state index in [-0.39, 0.29) is 0 Å². The lowest BCUT2D eigenvalue weighted by Crippen LogP contribution is -1.89. The van der Waals surface area contributed by atoms with Gasteiger partial charge in [-0.05, 0) is 22.5 Å². The van der Waals surface area contributed by atoms with E-state index in [2.05, 4.69) is 14.9 Å². The number of rotatable bonds is 3. The van der Waals surface area contributed by atoms with Crippen LogP contribution in [0.1, 0.15) is 5.56 Å². The number of carbonyl (C=O) groups is 1. The third kappa shape index (κ3) is 1.85. The molecule has 1 aromatic heterocycles. The summed E-state index contributed by atoms with van der Waals surface area (Å²) in [5.41, 5.74) is 1.71. The predicted octanol–water partition coefficient (Wildman–Crippen LogP) is 1.33. The molecule has 0 atom stereocenters. The van der Waals surface area contributed by atoms with Crippen LogP contribution in [0.3, 0.4) is 0 Å². The third-order valence-electron chi connectivity index (χ3n) is 2.01. The fraction of sp³-hybridized carbons (Fsp3) is 0.100. The zero-order valence-corrected chi connectivity index (χ0v) is 8.38. The number of aromatic nitrogens is 2. The maximum absolute atomic E-state index is 10.4. The predicted molar refractivity (Wildman–Crippen MR) is 55.0 cm³/mol. The summed E-state index contributed by atoms with van der Waals surface area (Å²) in [6.45, 7) is 0. The van der Waals surface area contributed by atoms with E-state index in [1.165, 1.54) is 13.2 Å². The van der Waals surface area contributed by atoms with Crippen LogP contribution >= 0.6 is 0 Å². The molecule has 1 N–H and O–H groups in total. The first-order chi connectivity index (χ1) is 7.70. The van der Waals surface area contributed by atoms with Crippen LogP contribution < -0.4 is 4.74 Å². The minimum absolute atomic E-state index is 0.515. The number of fused-ring (bicyclic) bond motifs is 1. The molecule has 1 heterocycles. The minimum atomic E-state index is -1.03. The van der Waals surface area contributed by atoms with Gasteiger partial charge in [-0.25, -0.2) is 9.42 Å². The number of carboxylic acid groups (broad SMARTS) is 1. The van der Waals surface area contributed by atoms with Gasteiger partial charge in [0.05, 0.1) is 7.11 Å². The molecule has 0 bridgehead atoms. The van der Waals surface area contributed by atoms with Gasteiger partial charge in [0.15, 0.2) is 0 Å². The SMILES string of the molecule is COc1cc2nonc2cc1C=CC(=O)O. The second-order valence-corrected chi connectivity index (χ2v) is 3.02. The summed E-state index contributed by atoms with van der Waals surface area (Å²) >= 11 is 0. The smallest absolute Gasteiger partial charge is 0.328 e. The Morgan fingerprint density at radius 1 is 1.44 bits per heavy atom. The molecule has 6 nitrogen and oxygen atoms in total. The van der Waals surface area contributed by atoms with Crippen molar-refractivity contribution in [2.75, 3.05) is 7.11 Å². The Bertz CT molecular complexity index is 559. The number of aliphatic carboxylic acids is 1. The molecule has 2 rings (SSSR count). The standard InChI is InChI=1S/C10H8N2O4/c1-15-9-5-8-7(11-16-12-8)4-6(9)2-3-10(13)14/h2-5H,1H3,(H,13,14). The van der Waals surface area contributed by atoms with Crippen molar-refractivity contribution < 1.29 is 19.3 Å². The van der Waals surface area contributed by atoms with Crippen LogP contribution in [0.15, 0.2) is 22.8 Å². The van der Waals surface area contributed by atoms with E-state index in [1.807, 2.05) is 0 Å². The summed E-state index contributed by atoms with van der Waals surface area (Å²) < 4.78 is 9.65. The summed E-state index contributed by atoms with van der Waals surface area (Å²) in [6, 6.07) is 3.28. The van der Waals surface area contributed by atoms with E-state index in [0.717, 1.165) is 6.08 Å². The molecule has 0 fully saturated rings. The fourth-order valence-corrected chi connectivity index (χ4v) is 1.30. The van der Waals surface area contributed by atoms with Crippen LogP contribution in [-0.2, 0) is 4.79 Å². The molecule has 0 aliphatic rings. The lowest BCUT2D eigenvalue weighted by Gasteiger charge is -2.02. The Kier molecular flexibility index (Phi) is 2.55. The topological polar surface area (TPSA) is 85.5 Å².